The fraction of sp³-hybridized carbons (Fsp3) is 0.167. The summed E-state index contributed by atoms with van der Waals surface area (Å²) in [6, 6.07) is 8.46. The lowest BCUT2D eigenvalue weighted by molar-refractivity contribution is -0.137. The lowest BCUT2D eigenvalue weighted by Gasteiger charge is -2.17. The van der Waals surface area contributed by atoms with E-state index in [1.165, 1.54) is 7.11 Å². The van der Waals surface area contributed by atoms with E-state index in [1.807, 2.05) is 0 Å². The molecule has 1 unspecified atom stereocenters. The van der Waals surface area contributed by atoms with Gasteiger partial charge in [-0.15, -0.1) is 0 Å². The molecule has 0 aliphatic rings. The fourth-order valence-electron chi connectivity index (χ4n) is 1.31. The third kappa shape index (κ3) is 3.34. The Hall–Kier alpha value is -2.30. The van der Waals surface area contributed by atoms with E-state index in [0.717, 1.165) is 0 Å². The molecule has 1 rings (SSSR count). The third-order valence-electron chi connectivity index (χ3n) is 2.09. The van der Waals surface area contributed by atoms with Gasteiger partial charge in [-0.05, 0) is 5.56 Å². The molecule has 0 aliphatic carbocycles. The zero-order valence-electron chi connectivity index (χ0n) is 9.25. The predicted molar refractivity (Wildman–Crippen MR) is 59.4 cm³/mol. The van der Waals surface area contributed by atoms with Crippen molar-refractivity contribution in [2.45, 2.75) is 6.10 Å². The van der Waals surface area contributed by atoms with Gasteiger partial charge in [0.1, 0.15) is 0 Å². The van der Waals surface area contributed by atoms with Crippen LogP contribution < -0.4 is 0 Å². The Morgan fingerprint density at radius 1 is 1.29 bits per heavy atom. The molecule has 1 aromatic rings. The second kappa shape index (κ2) is 5.69. The first-order valence-electron chi connectivity index (χ1n) is 4.78. The Morgan fingerprint density at radius 3 is 2.35 bits per heavy atom. The normalized spacial score (nSPS) is 11.4. The molecule has 1 N–H and O–H groups in total. The van der Waals surface area contributed by atoms with E-state index in [1.54, 1.807) is 30.3 Å². The number of carboxylic acid groups (broad SMARTS) is 1. The molecule has 1 atom stereocenters. The molecular weight excluding hydrogens is 224 g/mol. The maximum atomic E-state index is 11.3. The smallest absolute Gasteiger partial charge is 0.466 e. The lowest BCUT2D eigenvalue weighted by atomic mass is 10.0. The number of methoxy groups -OCH3 is 1. The Labute approximate surface area is 98.3 Å². The molecule has 0 aliphatic heterocycles. The summed E-state index contributed by atoms with van der Waals surface area (Å²) >= 11 is 0. The van der Waals surface area contributed by atoms with Crippen molar-refractivity contribution < 1.29 is 24.2 Å². The summed E-state index contributed by atoms with van der Waals surface area (Å²) < 4.78 is 9.12. The minimum Gasteiger partial charge on any atom is -0.466 e. The first-order valence-corrected chi connectivity index (χ1v) is 4.78. The van der Waals surface area contributed by atoms with Crippen LogP contribution in [0, 0.1) is 0 Å². The highest BCUT2D eigenvalue weighted by molar-refractivity contribution is 5.89. The summed E-state index contributed by atoms with van der Waals surface area (Å²) in [4.78, 5) is 21.9. The number of rotatable bonds is 4. The van der Waals surface area contributed by atoms with Crippen LogP contribution in [0.15, 0.2) is 42.5 Å². The van der Waals surface area contributed by atoms with E-state index >= 15 is 0 Å². The van der Waals surface area contributed by atoms with Crippen LogP contribution in [0.3, 0.4) is 0 Å². The first kappa shape index (κ1) is 12.8. The second-order valence-electron chi connectivity index (χ2n) is 3.19. The van der Waals surface area contributed by atoms with Crippen molar-refractivity contribution in [3.05, 3.63) is 48.0 Å². The Balaban J connectivity index is 3.00. The van der Waals surface area contributed by atoms with Gasteiger partial charge < -0.3 is 14.6 Å². The van der Waals surface area contributed by atoms with Crippen molar-refractivity contribution in [2.24, 2.45) is 0 Å². The van der Waals surface area contributed by atoms with Gasteiger partial charge in [0.2, 0.25) is 0 Å². The van der Waals surface area contributed by atoms with E-state index in [-0.39, 0.29) is 5.57 Å². The average molecular weight is 236 g/mol. The van der Waals surface area contributed by atoms with Crippen LogP contribution in [0.1, 0.15) is 11.7 Å². The molecule has 0 heterocycles. The zero-order valence-corrected chi connectivity index (χ0v) is 9.25. The van der Waals surface area contributed by atoms with Crippen molar-refractivity contribution in [1.29, 1.82) is 0 Å². The lowest BCUT2D eigenvalue weighted by Crippen LogP contribution is -2.17. The molecule has 0 radical (unpaired) electrons. The van der Waals surface area contributed by atoms with E-state index in [2.05, 4.69) is 16.1 Å². The van der Waals surface area contributed by atoms with Gasteiger partial charge in [0.25, 0.3) is 0 Å². The monoisotopic (exact) mass is 236 g/mol. The summed E-state index contributed by atoms with van der Waals surface area (Å²) in [5, 5.41) is 8.63. The molecule has 0 amide bonds. The van der Waals surface area contributed by atoms with Gasteiger partial charge in [0.15, 0.2) is 6.10 Å². The second-order valence-corrected chi connectivity index (χ2v) is 3.19. The van der Waals surface area contributed by atoms with Crippen LogP contribution in [0.25, 0.3) is 0 Å². The molecule has 0 fully saturated rings. The highest BCUT2D eigenvalue weighted by atomic mass is 16.7. The summed E-state index contributed by atoms with van der Waals surface area (Å²) in [5.74, 6) is -0.708. The Kier molecular flexibility index (Phi) is 4.28. The van der Waals surface area contributed by atoms with Crippen LogP contribution in [0.2, 0.25) is 0 Å². The quantitative estimate of drug-likeness (QED) is 0.640. The van der Waals surface area contributed by atoms with E-state index in [9.17, 15) is 9.59 Å². The van der Waals surface area contributed by atoms with Gasteiger partial charge in [-0.25, -0.2) is 9.59 Å². The standard InChI is InChI=1S/C12H12O5/c1-8(11(13)16-2)10(17-12(14)15)9-6-4-3-5-7-9/h3-7,10H,1H2,2H3,(H,14,15). The molecule has 1 aromatic carbocycles. The molecule has 0 spiro atoms. The van der Waals surface area contributed by atoms with Gasteiger partial charge in [-0.1, -0.05) is 36.9 Å². The molecule has 0 bridgehead atoms. The third-order valence-corrected chi connectivity index (χ3v) is 2.09. The van der Waals surface area contributed by atoms with Gasteiger partial charge in [-0.3, -0.25) is 0 Å². The number of esters is 1. The first-order chi connectivity index (χ1) is 8.06. The number of benzene rings is 1. The molecule has 90 valence electrons. The zero-order chi connectivity index (χ0) is 12.8. The van der Waals surface area contributed by atoms with Crippen molar-refractivity contribution in [1.82, 2.24) is 0 Å². The van der Waals surface area contributed by atoms with Gasteiger partial charge in [0, 0.05) is 0 Å². The van der Waals surface area contributed by atoms with Crippen LogP contribution in [0.4, 0.5) is 4.79 Å². The number of carbonyl (C=O) groups is 2. The SMILES string of the molecule is C=C(C(=O)OC)C(OC(=O)O)c1ccccc1. The summed E-state index contributed by atoms with van der Waals surface area (Å²) in [7, 11) is 1.19. The minimum atomic E-state index is -1.48. The van der Waals surface area contributed by atoms with Crippen LogP contribution in [0.5, 0.6) is 0 Å². The molecule has 5 nitrogen and oxygen atoms in total. The number of hydrogen-bond donors (Lipinski definition) is 1. The molecular formula is C12H12O5. The van der Waals surface area contributed by atoms with Crippen LogP contribution in [-0.4, -0.2) is 24.3 Å². The number of carbonyl (C=O) groups excluding carboxylic acids is 1. The Bertz CT molecular complexity index is 424. The Morgan fingerprint density at radius 2 is 1.88 bits per heavy atom. The summed E-state index contributed by atoms with van der Waals surface area (Å²) in [5.41, 5.74) is 0.450. The predicted octanol–water partition coefficient (Wildman–Crippen LogP) is 2.15. The highest BCUT2D eigenvalue weighted by Crippen LogP contribution is 2.25. The highest BCUT2D eigenvalue weighted by Gasteiger charge is 2.25. The van der Waals surface area contributed by atoms with E-state index in [0.29, 0.717) is 5.56 Å². The summed E-state index contributed by atoms with van der Waals surface area (Å²) in [6.07, 6.45) is -2.54. The molecule has 0 saturated carbocycles. The van der Waals surface area contributed by atoms with Crippen LogP contribution >= 0.6 is 0 Å². The summed E-state index contributed by atoms with van der Waals surface area (Å²) in [6.45, 7) is 3.49. The van der Waals surface area contributed by atoms with Crippen molar-refractivity contribution in [3.63, 3.8) is 0 Å². The average Bonchev–Trinajstić information content (AvgIpc) is 2.35. The molecule has 0 saturated heterocycles. The van der Waals surface area contributed by atoms with E-state index in [4.69, 9.17) is 5.11 Å². The maximum Gasteiger partial charge on any atom is 0.506 e. The largest absolute Gasteiger partial charge is 0.506 e. The van der Waals surface area contributed by atoms with Crippen molar-refractivity contribution in [3.8, 4) is 0 Å². The topological polar surface area (TPSA) is 72.8 Å². The number of ether oxygens (including phenoxy) is 2. The molecule has 5 heteroatoms. The van der Waals surface area contributed by atoms with Crippen LogP contribution in [-0.2, 0) is 14.3 Å². The van der Waals surface area contributed by atoms with E-state index < -0.39 is 18.2 Å². The van der Waals surface area contributed by atoms with Crippen molar-refractivity contribution in [2.75, 3.05) is 7.11 Å². The van der Waals surface area contributed by atoms with Gasteiger partial charge in [0.05, 0.1) is 12.7 Å². The number of hydrogen-bond acceptors (Lipinski definition) is 4. The van der Waals surface area contributed by atoms with Gasteiger partial charge >= 0.3 is 12.1 Å². The minimum absolute atomic E-state index is 0.0684. The fourth-order valence-corrected chi connectivity index (χ4v) is 1.31. The molecule has 17 heavy (non-hydrogen) atoms. The van der Waals surface area contributed by atoms with Gasteiger partial charge in [-0.2, -0.15) is 0 Å². The maximum absolute atomic E-state index is 11.3. The molecule has 0 aromatic heterocycles. The van der Waals surface area contributed by atoms with Crippen molar-refractivity contribution >= 4 is 12.1 Å².